The van der Waals surface area contributed by atoms with Gasteiger partial charge in [0.1, 0.15) is 5.52 Å². The number of H-pyrrole nitrogens is 1. The van der Waals surface area contributed by atoms with Gasteiger partial charge in [0.15, 0.2) is 0 Å². The quantitative estimate of drug-likeness (QED) is 0.734. The van der Waals surface area contributed by atoms with Gasteiger partial charge in [0.25, 0.3) is 5.91 Å². The third kappa shape index (κ3) is 1.25. The maximum absolute atomic E-state index is 11.7. The van der Waals surface area contributed by atoms with Crippen LogP contribution in [0.5, 0.6) is 0 Å². The number of amides is 1. The lowest BCUT2D eigenvalue weighted by Gasteiger charge is -2.07. The van der Waals surface area contributed by atoms with Gasteiger partial charge >= 0.3 is 0 Å². The molecule has 0 atom stereocenters. The molecule has 0 spiro atoms. The molecule has 0 aliphatic heterocycles. The topological polar surface area (TPSA) is 49.0 Å². The summed E-state index contributed by atoms with van der Waals surface area (Å²) in [6.45, 7) is 0. The normalized spacial score (nSPS) is 10.4. The van der Waals surface area contributed by atoms with Crippen LogP contribution in [0.1, 0.15) is 10.4 Å². The number of hydrogen-bond donors (Lipinski definition) is 1. The highest BCUT2D eigenvalue weighted by atomic mass is 16.2. The van der Waals surface area contributed by atoms with Gasteiger partial charge < -0.3 is 9.88 Å². The lowest BCUT2D eigenvalue weighted by atomic mass is 10.2. The number of rotatable bonds is 1. The number of nitrogens with one attached hydrogen (secondary N) is 1. The minimum atomic E-state index is -0.0325. The molecule has 0 unspecified atom stereocenters. The number of pyridine rings is 1. The average molecular weight is 189 g/mol. The fourth-order valence-electron chi connectivity index (χ4n) is 1.36. The fourth-order valence-corrected chi connectivity index (χ4v) is 1.36. The molecule has 14 heavy (non-hydrogen) atoms. The molecule has 2 heterocycles. The van der Waals surface area contributed by atoms with Crippen LogP contribution in [0.3, 0.4) is 0 Å². The molecule has 2 aromatic heterocycles. The summed E-state index contributed by atoms with van der Waals surface area (Å²) in [6, 6.07) is 3.73. The average Bonchev–Trinajstić information content (AvgIpc) is 2.60. The Morgan fingerprint density at radius 3 is 3.00 bits per heavy atom. The minimum Gasteiger partial charge on any atom is -0.359 e. The van der Waals surface area contributed by atoms with Crippen LogP contribution < -0.4 is 0 Å². The third-order valence-corrected chi connectivity index (χ3v) is 2.07. The predicted molar refractivity (Wildman–Crippen MR) is 54.1 cm³/mol. The van der Waals surface area contributed by atoms with Crippen molar-refractivity contribution in [1.29, 1.82) is 0 Å². The van der Waals surface area contributed by atoms with Gasteiger partial charge in [-0.15, -0.1) is 0 Å². The monoisotopic (exact) mass is 189 g/mol. The van der Waals surface area contributed by atoms with Crippen LogP contribution in [0.2, 0.25) is 0 Å². The maximum atomic E-state index is 11.7. The molecule has 1 N–H and O–H groups in total. The van der Waals surface area contributed by atoms with E-state index < -0.39 is 0 Å². The Bertz CT molecular complexity index is 473. The summed E-state index contributed by atoms with van der Waals surface area (Å²) in [5.74, 6) is -0.0325. The Balaban J connectivity index is 2.58. The molecule has 0 saturated carbocycles. The highest BCUT2D eigenvalue weighted by Gasteiger charge is 2.13. The second-order valence-corrected chi connectivity index (χ2v) is 3.30. The van der Waals surface area contributed by atoms with Crippen molar-refractivity contribution in [3.63, 3.8) is 0 Å². The van der Waals surface area contributed by atoms with Gasteiger partial charge in [-0.1, -0.05) is 0 Å². The first-order chi connectivity index (χ1) is 6.70. The summed E-state index contributed by atoms with van der Waals surface area (Å²) in [4.78, 5) is 20.4. The van der Waals surface area contributed by atoms with Crippen molar-refractivity contribution in [2.24, 2.45) is 0 Å². The fraction of sp³-hybridized carbons (Fsp3) is 0.200. The standard InChI is InChI=1S/C10H11N3O/c1-13(2)10(14)7-6-12-8-4-3-5-11-9(7)8/h3-6,12H,1-2H3. The van der Waals surface area contributed by atoms with E-state index in [0.29, 0.717) is 5.56 Å². The van der Waals surface area contributed by atoms with Crippen molar-refractivity contribution in [3.05, 3.63) is 30.1 Å². The van der Waals surface area contributed by atoms with Crippen LogP contribution in [0, 0.1) is 0 Å². The number of aromatic amines is 1. The zero-order valence-electron chi connectivity index (χ0n) is 8.11. The molecule has 2 aromatic rings. The molecule has 0 saturated heterocycles. The second-order valence-electron chi connectivity index (χ2n) is 3.30. The number of carbonyl (C=O) groups excluding carboxylic acids is 1. The molecule has 72 valence electrons. The summed E-state index contributed by atoms with van der Waals surface area (Å²) in [7, 11) is 3.45. The molecular formula is C10H11N3O. The van der Waals surface area contributed by atoms with Gasteiger partial charge in [-0.25, -0.2) is 0 Å². The number of aromatic nitrogens is 2. The highest BCUT2D eigenvalue weighted by molar-refractivity contribution is 6.04. The Morgan fingerprint density at radius 1 is 1.50 bits per heavy atom. The van der Waals surface area contributed by atoms with Crippen molar-refractivity contribution < 1.29 is 4.79 Å². The number of fused-ring (bicyclic) bond motifs is 1. The Labute approximate surface area is 81.6 Å². The Morgan fingerprint density at radius 2 is 2.29 bits per heavy atom. The van der Waals surface area contributed by atoms with Gasteiger partial charge in [0.2, 0.25) is 0 Å². The maximum Gasteiger partial charge on any atom is 0.257 e. The molecule has 4 nitrogen and oxygen atoms in total. The summed E-state index contributed by atoms with van der Waals surface area (Å²) in [6.07, 6.45) is 3.38. The van der Waals surface area contributed by atoms with Crippen LogP contribution in [0.15, 0.2) is 24.5 Å². The molecule has 0 bridgehead atoms. The lowest BCUT2D eigenvalue weighted by molar-refractivity contribution is 0.0829. The molecular weight excluding hydrogens is 178 g/mol. The van der Waals surface area contributed by atoms with Crippen molar-refractivity contribution >= 4 is 16.9 Å². The molecule has 2 rings (SSSR count). The van der Waals surface area contributed by atoms with Crippen molar-refractivity contribution in [3.8, 4) is 0 Å². The van der Waals surface area contributed by atoms with Gasteiger partial charge in [-0.2, -0.15) is 0 Å². The van der Waals surface area contributed by atoms with Crippen LogP contribution in [0.4, 0.5) is 0 Å². The summed E-state index contributed by atoms with van der Waals surface area (Å²) < 4.78 is 0. The van der Waals surface area contributed by atoms with E-state index in [4.69, 9.17) is 0 Å². The largest absolute Gasteiger partial charge is 0.359 e. The van der Waals surface area contributed by atoms with Gasteiger partial charge in [0.05, 0.1) is 11.1 Å². The van der Waals surface area contributed by atoms with E-state index in [1.54, 1.807) is 26.5 Å². The van der Waals surface area contributed by atoms with Crippen LogP contribution >= 0.6 is 0 Å². The van der Waals surface area contributed by atoms with Gasteiger partial charge in [-0.3, -0.25) is 9.78 Å². The predicted octanol–water partition coefficient (Wildman–Crippen LogP) is 1.26. The minimum absolute atomic E-state index is 0.0325. The molecule has 0 aliphatic rings. The van der Waals surface area contributed by atoms with Crippen molar-refractivity contribution in [2.75, 3.05) is 14.1 Å². The van der Waals surface area contributed by atoms with E-state index in [-0.39, 0.29) is 5.91 Å². The van der Waals surface area contributed by atoms with Crippen LogP contribution in [0.25, 0.3) is 11.0 Å². The summed E-state index contributed by atoms with van der Waals surface area (Å²) >= 11 is 0. The zero-order chi connectivity index (χ0) is 10.1. The number of carbonyl (C=O) groups is 1. The van der Waals surface area contributed by atoms with Gasteiger partial charge in [-0.05, 0) is 12.1 Å². The molecule has 1 amide bonds. The van der Waals surface area contributed by atoms with Crippen LogP contribution in [-0.4, -0.2) is 34.9 Å². The Kier molecular flexibility index (Phi) is 1.96. The third-order valence-electron chi connectivity index (χ3n) is 2.07. The van der Waals surface area contributed by atoms with E-state index in [1.165, 1.54) is 4.90 Å². The molecule has 0 fully saturated rings. The number of nitrogens with zero attached hydrogens (tertiary/aromatic N) is 2. The molecule has 4 heteroatoms. The molecule has 0 aromatic carbocycles. The second kappa shape index (κ2) is 3.14. The zero-order valence-corrected chi connectivity index (χ0v) is 8.11. The lowest BCUT2D eigenvalue weighted by Crippen LogP contribution is -2.21. The highest BCUT2D eigenvalue weighted by Crippen LogP contribution is 2.15. The summed E-state index contributed by atoms with van der Waals surface area (Å²) in [5, 5.41) is 0. The first-order valence-electron chi connectivity index (χ1n) is 4.34. The summed E-state index contributed by atoms with van der Waals surface area (Å²) in [5.41, 5.74) is 2.23. The van der Waals surface area contributed by atoms with E-state index >= 15 is 0 Å². The van der Waals surface area contributed by atoms with E-state index in [1.807, 2.05) is 12.1 Å². The smallest absolute Gasteiger partial charge is 0.257 e. The Hall–Kier alpha value is -1.84. The molecule has 0 radical (unpaired) electrons. The SMILES string of the molecule is CN(C)C(=O)c1c[nH]c2cccnc12. The molecule has 0 aliphatic carbocycles. The van der Waals surface area contributed by atoms with E-state index in [0.717, 1.165) is 11.0 Å². The number of hydrogen-bond acceptors (Lipinski definition) is 2. The van der Waals surface area contributed by atoms with E-state index in [2.05, 4.69) is 9.97 Å². The first-order valence-corrected chi connectivity index (χ1v) is 4.34. The van der Waals surface area contributed by atoms with E-state index in [9.17, 15) is 4.79 Å². The van der Waals surface area contributed by atoms with Crippen molar-refractivity contribution in [1.82, 2.24) is 14.9 Å². The van der Waals surface area contributed by atoms with Crippen LogP contribution in [-0.2, 0) is 0 Å². The van der Waals surface area contributed by atoms with Gasteiger partial charge in [0, 0.05) is 26.5 Å². The first kappa shape index (κ1) is 8.74. The van der Waals surface area contributed by atoms with Crippen molar-refractivity contribution in [2.45, 2.75) is 0 Å².